The Morgan fingerprint density at radius 1 is 0.947 bits per heavy atom. The second kappa shape index (κ2) is 12.7. The number of hydrogen-bond donors (Lipinski definition) is 0. The third-order valence-electron chi connectivity index (χ3n) is 3.39. The minimum absolute atomic E-state index is 0. The van der Waals surface area contributed by atoms with Gasteiger partial charge < -0.3 is 4.52 Å². The maximum Gasteiger partial charge on any atom is 1.00 e. The van der Waals surface area contributed by atoms with Gasteiger partial charge in [0.05, 0.1) is 0 Å². The molecule has 2 nitrogen and oxygen atoms in total. The van der Waals surface area contributed by atoms with Crippen molar-refractivity contribution >= 4 is 0 Å². The Labute approximate surface area is 130 Å². The van der Waals surface area contributed by atoms with Crippen LogP contribution in [-0.4, -0.2) is 5.16 Å². The van der Waals surface area contributed by atoms with E-state index in [1.54, 1.807) is 0 Å². The van der Waals surface area contributed by atoms with E-state index in [0.29, 0.717) is 5.76 Å². The molecule has 0 aliphatic rings. The van der Waals surface area contributed by atoms with Gasteiger partial charge in [-0.05, 0) is 18.6 Å². The maximum atomic E-state index is 4.95. The molecular weight excluding hydrogens is 229 g/mol. The van der Waals surface area contributed by atoms with Crippen LogP contribution >= 0.6 is 0 Å². The first-order chi connectivity index (χ1) is 8.83. The molecular formula is C16H28LiNO. The smallest absolute Gasteiger partial charge is 0.397 e. The molecule has 0 aliphatic heterocycles. The standard InChI is InChI=1S/C16H28NO.Li/c1-3-4-5-6-7-8-9-10-11-12-13-16-14-15(2)18-17-16;/h14H,2-13H2,1H3;/q-1;+1. The number of aromatic nitrogens is 1. The third-order valence-corrected chi connectivity index (χ3v) is 3.39. The van der Waals surface area contributed by atoms with Gasteiger partial charge in [-0.2, -0.15) is 0 Å². The number of unbranched alkanes of at least 4 members (excludes halogenated alkanes) is 9. The molecule has 0 spiro atoms. The molecule has 0 N–H and O–H groups in total. The summed E-state index contributed by atoms with van der Waals surface area (Å²) in [6.45, 7) is 5.98. The summed E-state index contributed by atoms with van der Waals surface area (Å²) in [5.74, 6) is 0.678. The molecule has 1 heterocycles. The van der Waals surface area contributed by atoms with E-state index >= 15 is 0 Å². The van der Waals surface area contributed by atoms with E-state index in [9.17, 15) is 0 Å². The molecule has 0 amide bonds. The van der Waals surface area contributed by atoms with Crippen LogP contribution in [0.5, 0.6) is 0 Å². The van der Waals surface area contributed by atoms with Gasteiger partial charge in [0.1, 0.15) is 0 Å². The second-order valence-corrected chi connectivity index (χ2v) is 5.22. The van der Waals surface area contributed by atoms with E-state index < -0.39 is 0 Å². The Balaban J connectivity index is 0.00000324. The Bertz CT molecular complexity index is 299. The van der Waals surface area contributed by atoms with E-state index in [1.807, 2.05) is 6.07 Å². The minimum atomic E-state index is 0. The normalized spacial score (nSPS) is 10.4. The van der Waals surface area contributed by atoms with Crippen molar-refractivity contribution in [1.29, 1.82) is 0 Å². The molecule has 0 saturated carbocycles. The molecule has 0 unspecified atom stereocenters. The van der Waals surface area contributed by atoms with Crippen molar-refractivity contribution < 1.29 is 23.4 Å². The Morgan fingerprint density at radius 2 is 1.47 bits per heavy atom. The van der Waals surface area contributed by atoms with Gasteiger partial charge >= 0.3 is 18.9 Å². The molecule has 0 aromatic carbocycles. The Morgan fingerprint density at radius 3 is 1.95 bits per heavy atom. The zero-order chi connectivity index (χ0) is 13.1. The monoisotopic (exact) mass is 257 g/mol. The fraction of sp³-hybridized carbons (Fsp3) is 0.750. The van der Waals surface area contributed by atoms with Crippen molar-refractivity contribution in [1.82, 2.24) is 5.16 Å². The van der Waals surface area contributed by atoms with Crippen molar-refractivity contribution in [3.05, 3.63) is 24.4 Å². The Kier molecular flexibility index (Phi) is 12.5. The van der Waals surface area contributed by atoms with Crippen LogP contribution in [0.25, 0.3) is 0 Å². The van der Waals surface area contributed by atoms with Crippen LogP contribution in [0.1, 0.15) is 82.6 Å². The summed E-state index contributed by atoms with van der Waals surface area (Å²) in [5.41, 5.74) is 1.06. The van der Waals surface area contributed by atoms with Crippen LogP contribution in [0.2, 0.25) is 0 Å². The molecule has 1 aromatic heterocycles. The van der Waals surface area contributed by atoms with Crippen LogP contribution < -0.4 is 18.9 Å². The number of hydrogen-bond acceptors (Lipinski definition) is 2. The molecule has 0 bridgehead atoms. The van der Waals surface area contributed by atoms with Gasteiger partial charge in [0.2, 0.25) is 0 Å². The number of aryl methyl sites for hydroxylation is 1. The minimum Gasteiger partial charge on any atom is -0.397 e. The van der Waals surface area contributed by atoms with Crippen molar-refractivity contribution in [3.8, 4) is 0 Å². The van der Waals surface area contributed by atoms with Gasteiger partial charge in [0, 0.05) is 5.69 Å². The fourth-order valence-electron chi connectivity index (χ4n) is 2.27. The van der Waals surface area contributed by atoms with E-state index in [0.717, 1.165) is 12.1 Å². The fourth-order valence-corrected chi connectivity index (χ4v) is 2.27. The summed E-state index contributed by atoms with van der Waals surface area (Å²) in [4.78, 5) is 0. The molecule has 19 heavy (non-hydrogen) atoms. The first kappa shape index (κ1) is 18.7. The summed E-state index contributed by atoms with van der Waals surface area (Å²) in [5, 5.41) is 3.95. The average molecular weight is 257 g/mol. The Hall–Kier alpha value is -0.323. The van der Waals surface area contributed by atoms with Gasteiger partial charge in [-0.1, -0.05) is 64.7 Å². The van der Waals surface area contributed by atoms with Crippen molar-refractivity contribution in [2.24, 2.45) is 0 Å². The zero-order valence-corrected chi connectivity index (χ0v) is 12.9. The topological polar surface area (TPSA) is 26.0 Å². The van der Waals surface area contributed by atoms with Gasteiger partial charge in [0.15, 0.2) is 0 Å². The van der Waals surface area contributed by atoms with Crippen molar-refractivity contribution in [2.75, 3.05) is 0 Å². The molecule has 0 atom stereocenters. The van der Waals surface area contributed by atoms with E-state index in [4.69, 9.17) is 4.52 Å². The molecule has 1 aromatic rings. The SMILES string of the molecule is [CH2-]c1cc(CCCCCCCCCCCC)no1.[Li+]. The summed E-state index contributed by atoms with van der Waals surface area (Å²) < 4.78 is 4.95. The van der Waals surface area contributed by atoms with Crippen LogP contribution in [0.15, 0.2) is 10.6 Å². The van der Waals surface area contributed by atoms with E-state index in [-0.39, 0.29) is 18.9 Å². The van der Waals surface area contributed by atoms with Gasteiger partial charge in [0.25, 0.3) is 0 Å². The molecule has 0 fully saturated rings. The van der Waals surface area contributed by atoms with Gasteiger partial charge in [-0.3, -0.25) is 0 Å². The summed E-state index contributed by atoms with van der Waals surface area (Å²) in [7, 11) is 0. The first-order valence-electron chi connectivity index (χ1n) is 7.60. The third kappa shape index (κ3) is 10.2. The molecule has 0 radical (unpaired) electrons. The van der Waals surface area contributed by atoms with Crippen LogP contribution in [0.4, 0.5) is 0 Å². The van der Waals surface area contributed by atoms with E-state index in [2.05, 4.69) is 19.0 Å². The molecule has 1 rings (SSSR count). The predicted molar refractivity (Wildman–Crippen MR) is 76.5 cm³/mol. The first-order valence-corrected chi connectivity index (χ1v) is 7.60. The quantitative estimate of drug-likeness (QED) is 0.345. The predicted octanol–water partition coefficient (Wildman–Crippen LogP) is 2.32. The average Bonchev–Trinajstić information content (AvgIpc) is 2.77. The molecule has 0 aliphatic carbocycles. The summed E-state index contributed by atoms with van der Waals surface area (Å²) in [6, 6.07) is 1.94. The second-order valence-electron chi connectivity index (χ2n) is 5.22. The molecule has 0 saturated heterocycles. The van der Waals surface area contributed by atoms with Crippen LogP contribution in [-0.2, 0) is 6.42 Å². The van der Waals surface area contributed by atoms with Crippen LogP contribution in [0, 0.1) is 6.92 Å². The van der Waals surface area contributed by atoms with Gasteiger partial charge in [-0.25, -0.2) is 6.92 Å². The number of nitrogens with zero attached hydrogens (tertiary/aromatic N) is 1. The number of rotatable bonds is 11. The van der Waals surface area contributed by atoms with Crippen molar-refractivity contribution in [2.45, 2.75) is 77.6 Å². The zero-order valence-electron chi connectivity index (χ0n) is 12.9. The summed E-state index contributed by atoms with van der Waals surface area (Å²) in [6.07, 6.45) is 14.8. The largest absolute Gasteiger partial charge is 1.00 e. The molecule has 3 heteroatoms. The maximum absolute atomic E-state index is 4.95. The van der Waals surface area contributed by atoms with Crippen LogP contribution in [0.3, 0.4) is 0 Å². The van der Waals surface area contributed by atoms with Gasteiger partial charge in [-0.15, -0.1) is 11.2 Å². The van der Waals surface area contributed by atoms with Crippen molar-refractivity contribution in [3.63, 3.8) is 0 Å². The summed E-state index contributed by atoms with van der Waals surface area (Å²) >= 11 is 0. The van der Waals surface area contributed by atoms with E-state index in [1.165, 1.54) is 64.2 Å². The molecule has 104 valence electrons.